The number of nitrogens with zero attached hydrogens (tertiary/aromatic N) is 4. The van der Waals surface area contributed by atoms with E-state index in [-0.39, 0.29) is 12.5 Å². The first-order chi connectivity index (χ1) is 11.5. The van der Waals surface area contributed by atoms with Gasteiger partial charge in [-0.15, -0.1) is 0 Å². The predicted molar refractivity (Wildman–Crippen MR) is 87.6 cm³/mol. The van der Waals surface area contributed by atoms with E-state index < -0.39 is 16.3 Å². The lowest BCUT2D eigenvalue weighted by Gasteiger charge is -2.36. The van der Waals surface area contributed by atoms with Crippen LogP contribution in [0.4, 0.5) is 0 Å². The summed E-state index contributed by atoms with van der Waals surface area (Å²) in [5.74, 6) is 1.01. The van der Waals surface area contributed by atoms with Crippen LogP contribution in [0.3, 0.4) is 0 Å². The van der Waals surface area contributed by atoms with Gasteiger partial charge >= 0.3 is 0 Å². The van der Waals surface area contributed by atoms with Crippen LogP contribution in [0.1, 0.15) is 63.2 Å². The highest BCUT2D eigenvalue weighted by molar-refractivity contribution is 7.86. The minimum atomic E-state index is -3.55. The Kier molecular flexibility index (Phi) is 5.53. The minimum Gasteiger partial charge on any atom is -0.378 e. The molecule has 0 bridgehead atoms. The van der Waals surface area contributed by atoms with Crippen LogP contribution in [0.2, 0.25) is 0 Å². The first kappa shape index (κ1) is 17.8. The maximum absolute atomic E-state index is 13.1. The van der Waals surface area contributed by atoms with Crippen molar-refractivity contribution in [1.82, 2.24) is 18.8 Å². The van der Waals surface area contributed by atoms with Crippen molar-refractivity contribution < 1.29 is 17.7 Å². The van der Waals surface area contributed by atoms with E-state index in [4.69, 9.17) is 9.26 Å². The maximum atomic E-state index is 13.1. The van der Waals surface area contributed by atoms with Gasteiger partial charge in [0.1, 0.15) is 6.04 Å². The molecule has 2 aliphatic heterocycles. The van der Waals surface area contributed by atoms with E-state index in [2.05, 4.69) is 10.1 Å². The van der Waals surface area contributed by atoms with Crippen LogP contribution in [0.25, 0.3) is 0 Å². The number of aromatic nitrogens is 2. The Morgan fingerprint density at radius 1 is 1.12 bits per heavy atom. The van der Waals surface area contributed by atoms with Gasteiger partial charge in [-0.2, -0.15) is 22.0 Å². The van der Waals surface area contributed by atoms with Crippen LogP contribution in [0, 0.1) is 0 Å². The monoisotopic (exact) mass is 358 g/mol. The molecule has 2 saturated heterocycles. The summed E-state index contributed by atoms with van der Waals surface area (Å²) in [7, 11) is -3.55. The SMILES string of the molecule is CC(C)c1nc([C@H]2COCCN2S(=O)(=O)N2CCCCCC2)no1. The summed E-state index contributed by atoms with van der Waals surface area (Å²) in [6.07, 6.45) is 3.99. The topological polar surface area (TPSA) is 88.8 Å². The summed E-state index contributed by atoms with van der Waals surface area (Å²) < 4.78 is 40.1. The van der Waals surface area contributed by atoms with Crippen LogP contribution >= 0.6 is 0 Å². The van der Waals surface area contributed by atoms with Crippen molar-refractivity contribution in [3.05, 3.63) is 11.7 Å². The fraction of sp³-hybridized carbons (Fsp3) is 0.867. The Balaban J connectivity index is 1.85. The molecule has 0 unspecified atom stereocenters. The molecule has 24 heavy (non-hydrogen) atoms. The summed E-state index contributed by atoms with van der Waals surface area (Å²) in [5.41, 5.74) is 0. The second-order valence-corrected chi connectivity index (χ2v) is 8.55. The largest absolute Gasteiger partial charge is 0.378 e. The molecule has 0 N–H and O–H groups in total. The number of hydrogen-bond acceptors (Lipinski definition) is 6. The Labute approximate surface area is 143 Å². The van der Waals surface area contributed by atoms with Crippen LogP contribution in [0.5, 0.6) is 0 Å². The van der Waals surface area contributed by atoms with Gasteiger partial charge in [-0.3, -0.25) is 0 Å². The lowest BCUT2D eigenvalue weighted by Crippen LogP contribution is -2.50. The molecule has 0 aromatic carbocycles. The zero-order chi connectivity index (χ0) is 17.2. The first-order valence-corrected chi connectivity index (χ1v) is 10.1. The fourth-order valence-corrected chi connectivity index (χ4v) is 4.90. The van der Waals surface area contributed by atoms with Crippen molar-refractivity contribution in [3.63, 3.8) is 0 Å². The number of hydrogen-bond donors (Lipinski definition) is 0. The molecule has 2 fully saturated rings. The van der Waals surface area contributed by atoms with E-state index in [1.54, 1.807) is 4.31 Å². The molecule has 0 amide bonds. The van der Waals surface area contributed by atoms with Gasteiger partial charge in [-0.25, -0.2) is 0 Å². The third-order valence-electron chi connectivity index (χ3n) is 4.52. The van der Waals surface area contributed by atoms with Gasteiger partial charge in [0.25, 0.3) is 10.2 Å². The number of morpholine rings is 1. The van der Waals surface area contributed by atoms with Gasteiger partial charge in [0.05, 0.1) is 13.2 Å². The highest BCUT2D eigenvalue weighted by Gasteiger charge is 2.40. The lowest BCUT2D eigenvalue weighted by atomic mass is 10.2. The van der Waals surface area contributed by atoms with Crippen molar-refractivity contribution in [2.24, 2.45) is 0 Å². The molecular formula is C15H26N4O4S. The van der Waals surface area contributed by atoms with Crippen molar-refractivity contribution in [3.8, 4) is 0 Å². The molecule has 1 aromatic rings. The van der Waals surface area contributed by atoms with Crippen molar-refractivity contribution in [2.45, 2.75) is 51.5 Å². The van der Waals surface area contributed by atoms with E-state index in [0.717, 1.165) is 25.7 Å². The maximum Gasteiger partial charge on any atom is 0.282 e. The molecule has 8 nitrogen and oxygen atoms in total. The molecule has 3 rings (SSSR count). The molecular weight excluding hydrogens is 332 g/mol. The number of rotatable bonds is 4. The standard InChI is InChI=1S/C15H26N4O4S/c1-12(2)15-16-14(17-23-15)13-11-22-10-9-19(13)24(20,21)18-7-5-3-4-6-8-18/h12-13H,3-11H2,1-2H3/t13-/m1/s1. The van der Waals surface area contributed by atoms with Gasteiger partial charge in [0.15, 0.2) is 5.82 Å². The predicted octanol–water partition coefficient (Wildman–Crippen LogP) is 1.69. The molecule has 0 saturated carbocycles. The average molecular weight is 358 g/mol. The zero-order valence-corrected chi connectivity index (χ0v) is 15.2. The Morgan fingerprint density at radius 3 is 2.46 bits per heavy atom. The Hall–Kier alpha value is -1.03. The number of ether oxygens (including phenoxy) is 1. The van der Waals surface area contributed by atoms with Crippen LogP contribution in [-0.4, -0.2) is 60.0 Å². The van der Waals surface area contributed by atoms with Gasteiger partial charge in [-0.1, -0.05) is 31.8 Å². The first-order valence-electron chi connectivity index (χ1n) is 8.68. The van der Waals surface area contributed by atoms with Crippen LogP contribution in [0.15, 0.2) is 4.52 Å². The second-order valence-electron chi connectivity index (χ2n) is 6.67. The Bertz CT molecular complexity index is 638. The molecule has 136 valence electrons. The molecule has 0 spiro atoms. The smallest absolute Gasteiger partial charge is 0.282 e. The van der Waals surface area contributed by atoms with Crippen molar-refractivity contribution in [2.75, 3.05) is 32.8 Å². The molecule has 9 heteroatoms. The minimum absolute atomic E-state index is 0.103. The summed E-state index contributed by atoms with van der Waals surface area (Å²) in [6, 6.07) is -0.525. The van der Waals surface area contributed by atoms with E-state index in [9.17, 15) is 8.42 Å². The molecule has 3 heterocycles. The fourth-order valence-electron chi connectivity index (χ4n) is 3.11. The molecule has 2 aliphatic rings. The molecule has 1 atom stereocenters. The van der Waals surface area contributed by atoms with Crippen molar-refractivity contribution in [1.29, 1.82) is 0 Å². The van der Waals surface area contributed by atoms with Gasteiger partial charge in [0, 0.05) is 25.6 Å². The quantitative estimate of drug-likeness (QED) is 0.814. The summed E-state index contributed by atoms with van der Waals surface area (Å²) in [4.78, 5) is 4.38. The van der Waals surface area contributed by atoms with Gasteiger partial charge < -0.3 is 9.26 Å². The van der Waals surface area contributed by atoms with E-state index in [1.165, 1.54) is 4.31 Å². The van der Waals surface area contributed by atoms with Gasteiger partial charge in [-0.05, 0) is 12.8 Å². The lowest BCUT2D eigenvalue weighted by molar-refractivity contribution is 0.0253. The van der Waals surface area contributed by atoms with E-state index in [0.29, 0.717) is 38.0 Å². The summed E-state index contributed by atoms with van der Waals surface area (Å²) >= 11 is 0. The normalized spacial score (nSPS) is 25.0. The van der Waals surface area contributed by atoms with Crippen molar-refractivity contribution >= 4 is 10.2 Å². The zero-order valence-electron chi connectivity index (χ0n) is 14.3. The Morgan fingerprint density at radius 2 is 1.83 bits per heavy atom. The third-order valence-corrected chi connectivity index (χ3v) is 6.56. The van der Waals surface area contributed by atoms with Gasteiger partial charge in [0.2, 0.25) is 5.89 Å². The highest BCUT2D eigenvalue weighted by Crippen LogP contribution is 2.28. The molecule has 0 aliphatic carbocycles. The molecule has 0 radical (unpaired) electrons. The van der Waals surface area contributed by atoms with E-state index in [1.807, 2.05) is 13.8 Å². The van der Waals surface area contributed by atoms with E-state index >= 15 is 0 Å². The summed E-state index contributed by atoms with van der Waals surface area (Å²) in [6.45, 7) is 6.03. The van der Waals surface area contributed by atoms with Crippen LogP contribution in [-0.2, 0) is 14.9 Å². The highest BCUT2D eigenvalue weighted by atomic mass is 32.2. The average Bonchev–Trinajstić information content (AvgIpc) is 2.90. The summed E-state index contributed by atoms with van der Waals surface area (Å²) in [5, 5.41) is 4.00. The third kappa shape index (κ3) is 3.63. The second kappa shape index (κ2) is 7.47. The van der Waals surface area contributed by atoms with Crippen LogP contribution < -0.4 is 0 Å². The molecule has 1 aromatic heterocycles.